The Kier molecular flexibility index (Phi) is 25.6. The van der Waals surface area contributed by atoms with E-state index in [-0.39, 0.29) is 63.9 Å². The molecule has 0 bridgehead atoms. The Morgan fingerprint density at radius 3 is 1.16 bits per heavy atom. The molecule has 563 valence electrons. The van der Waals surface area contributed by atoms with Crippen LogP contribution < -0.4 is 51.3 Å². The van der Waals surface area contributed by atoms with Gasteiger partial charge in [-0.3, -0.25) is 68.8 Å². The van der Waals surface area contributed by atoms with Crippen molar-refractivity contribution in [3.05, 3.63) is 114 Å². The zero-order valence-corrected chi connectivity index (χ0v) is 56.2. The molecule has 51 nitrogen and oxygen atoms in total. The second-order valence-electron chi connectivity index (χ2n) is 22.0. The molecule has 6 aromatic heterocycles. The number of hydrogen-bond donors (Lipinski definition) is 16. The molecule has 11 heterocycles. The van der Waals surface area contributed by atoms with Crippen LogP contribution in [-0.4, -0.2) is 249 Å². The van der Waals surface area contributed by atoms with Crippen molar-refractivity contribution in [2.24, 2.45) is 0 Å². The molecular formula is C46H64N16O35P4V. The molecule has 5 aliphatic rings. The van der Waals surface area contributed by atoms with Crippen LogP contribution in [0, 0.1) is 0 Å². The summed E-state index contributed by atoms with van der Waals surface area (Å²) in [5.74, 6) is -1.04. The number of H-pyrrole nitrogens is 1. The number of nitrogen functional groups attached to an aromatic ring is 4. The summed E-state index contributed by atoms with van der Waals surface area (Å²) in [5, 5.41) is 77.8. The van der Waals surface area contributed by atoms with Gasteiger partial charge in [-0.15, -0.1) is 0 Å². The van der Waals surface area contributed by atoms with Gasteiger partial charge in [-0.1, -0.05) is 0 Å². The average Bonchev–Trinajstić information content (AvgIpc) is 1.65. The van der Waals surface area contributed by atoms with Crippen LogP contribution in [0.15, 0.2) is 85.7 Å². The van der Waals surface area contributed by atoms with Crippen molar-refractivity contribution in [3.63, 3.8) is 0 Å². The number of phosphoric acid groups is 4. The third kappa shape index (κ3) is 17.4. The summed E-state index contributed by atoms with van der Waals surface area (Å²) in [5.41, 5.74) is 17.3. The van der Waals surface area contributed by atoms with E-state index in [1.807, 2.05) is 4.98 Å². The van der Waals surface area contributed by atoms with E-state index in [9.17, 15) is 97.6 Å². The van der Waals surface area contributed by atoms with Gasteiger partial charge in [0.1, 0.15) is 121 Å². The van der Waals surface area contributed by atoms with Gasteiger partial charge in [-0.2, -0.15) is 15.0 Å². The number of aromatic amines is 1. The zero-order chi connectivity index (χ0) is 71.5. The van der Waals surface area contributed by atoms with Crippen molar-refractivity contribution >= 4 is 65.7 Å². The van der Waals surface area contributed by atoms with E-state index in [4.69, 9.17) is 82.8 Å². The minimum absolute atomic E-state index is 0. The number of fused-ring (bicyclic) bond motifs is 1. The maximum absolute atomic E-state index is 14.1. The largest absolute Gasteiger partial charge is 0.472 e. The number of imidazole rings is 1. The Bertz CT molecular complexity index is 4480. The number of phosphoric ester groups is 4. The first-order valence-electron chi connectivity index (χ1n) is 28.5. The summed E-state index contributed by atoms with van der Waals surface area (Å²) >= 11 is 0. The molecule has 4 unspecified atom stereocenters. The normalized spacial score (nSPS) is 32.4. The smallest absolute Gasteiger partial charge is 0.412 e. The minimum atomic E-state index is -5.87. The van der Waals surface area contributed by atoms with Gasteiger partial charge in [0, 0.05) is 49.4 Å². The molecule has 11 rings (SSSR count). The molecule has 0 aromatic carbocycles. The molecule has 24 atom stereocenters. The Morgan fingerprint density at radius 1 is 0.451 bits per heavy atom. The summed E-state index contributed by atoms with van der Waals surface area (Å²) in [6.07, 6.45) is -34.0. The van der Waals surface area contributed by atoms with Crippen LogP contribution in [0.2, 0.25) is 0 Å². The molecule has 0 amide bonds. The van der Waals surface area contributed by atoms with Gasteiger partial charge in [-0.05, 0) is 18.2 Å². The topological polar surface area (TPSA) is 781 Å². The average molecular weight is 1580 g/mol. The minimum Gasteiger partial charge on any atom is -0.412 e. The molecule has 24 N–H and O–H groups in total. The number of rotatable bonds is 26. The Labute approximate surface area is 577 Å². The number of anilines is 4. The Hall–Kier alpha value is -6.47. The van der Waals surface area contributed by atoms with E-state index in [0.717, 1.165) is 61.7 Å². The zero-order valence-electron chi connectivity index (χ0n) is 51.2. The van der Waals surface area contributed by atoms with Gasteiger partial charge in [0.25, 0.3) is 5.56 Å². The quantitative estimate of drug-likeness (QED) is 0.0224. The first kappa shape index (κ1) is 81.2. The van der Waals surface area contributed by atoms with Crippen LogP contribution >= 0.6 is 31.3 Å². The third-order valence-electron chi connectivity index (χ3n) is 15.5. The van der Waals surface area contributed by atoms with Gasteiger partial charge in [0.2, 0.25) is 0 Å². The van der Waals surface area contributed by atoms with Crippen molar-refractivity contribution in [2.45, 2.75) is 123 Å². The molecule has 0 aliphatic carbocycles. The SMILES string of the molecule is Nc1ccn([C@@H]2O[C@H](COP(=O)(O)O[C@H]3[C@@H](O)[C@H](n4ccc(N)nc4=O)O[C@@H]3COP(=O)(O)O[C@H]3[C@@H](O)[C@H](n4ccc(N)nc4=O)O[C@@H]3COP(=O)(O)O[C@H]3[C@@H](O)[C@H](n4ccc(=O)[nH]c4=O)O[C@@H]3CO)[C@@H](OP(=O)(O)OC[C@H]3O[C@@H](n4cnc5c(N)ncnc54)[C@H](O)[C@@H]3O)[C@H]2O)c(=O)n1.O.O.[V]. The molecule has 5 saturated heterocycles. The summed E-state index contributed by atoms with van der Waals surface area (Å²) < 4.78 is 129. The van der Waals surface area contributed by atoms with E-state index in [1.54, 1.807) is 0 Å². The summed E-state index contributed by atoms with van der Waals surface area (Å²) in [6.45, 7) is -6.10. The first-order valence-corrected chi connectivity index (χ1v) is 34.5. The van der Waals surface area contributed by atoms with Crippen molar-refractivity contribution < 1.29 is 163 Å². The monoisotopic (exact) mass is 1580 g/mol. The summed E-state index contributed by atoms with van der Waals surface area (Å²) in [4.78, 5) is 132. The number of aromatic nitrogens is 12. The second kappa shape index (κ2) is 32.1. The van der Waals surface area contributed by atoms with Crippen molar-refractivity contribution in [3.8, 4) is 0 Å². The molecule has 6 aromatic rings. The maximum atomic E-state index is 14.1. The molecule has 1 radical (unpaired) electrons. The van der Waals surface area contributed by atoms with E-state index in [1.165, 1.54) is 4.57 Å². The molecule has 5 fully saturated rings. The number of hydrogen-bond acceptors (Lipinski definition) is 39. The predicted molar refractivity (Wildman–Crippen MR) is 322 cm³/mol. The van der Waals surface area contributed by atoms with Crippen LogP contribution in [0.4, 0.5) is 23.3 Å². The van der Waals surface area contributed by atoms with Crippen LogP contribution in [0.5, 0.6) is 0 Å². The van der Waals surface area contributed by atoms with E-state index in [2.05, 4.69) is 29.9 Å². The standard InChI is InChI=1S/C46H60N16O33P4.2H2O.V/c47-21-1-5-58(43(71)54-21)40-29(68)33(93-96(75,76)83-10-17-26(65)27(66)38(88-17)62-15-53-25-36(50)51-14-52-37(25)62)19(90-40)12-85-98(79,80)95-35-20(91-42(31(35)70)60-7-3-23(49)56-45(60)73)13-86-99(81,82)94-34-18(89-41(30(34)69)59-6-2-22(48)55-44(59)72)11-84-97(77,78)92-32-16(9-63)87-39(28(32)67)61-8-4-24(64)57-46(61)74;;;/h1-8,14-20,26-35,38-42,63,65-70H,9-13H2,(H,75,76)(H,77,78)(H,79,80)(H,81,82)(H2,47,54,71)(H2,48,55,72)(H2,49,56,73)(H2,50,51,52)(H,57,64,74);2*1H2;/t16-,17-,18-,19-,20-,26-,27-,28-,29-,30-,31-,32-,33-,34-,35-,38-,39-,40-,41-,42-;;;/m1.../s1. The Morgan fingerprint density at radius 2 is 0.784 bits per heavy atom. The molecule has 56 heteroatoms. The van der Waals surface area contributed by atoms with Crippen molar-refractivity contribution in [1.29, 1.82) is 0 Å². The molecular weight excluding hydrogens is 1510 g/mol. The van der Waals surface area contributed by atoms with Crippen molar-refractivity contribution in [2.75, 3.05) is 56.0 Å². The van der Waals surface area contributed by atoms with Gasteiger partial charge >= 0.3 is 54.0 Å². The fraction of sp³-hybridized carbons (Fsp3) is 0.543. The van der Waals surface area contributed by atoms with E-state index >= 15 is 0 Å². The number of nitrogens with two attached hydrogens (primary N) is 4. The van der Waals surface area contributed by atoms with Gasteiger partial charge in [-0.25, -0.2) is 52.4 Å². The van der Waals surface area contributed by atoms with Gasteiger partial charge in [0.15, 0.2) is 42.6 Å². The van der Waals surface area contributed by atoms with Gasteiger partial charge < -0.3 is 113 Å². The van der Waals surface area contributed by atoms with E-state index < -0.39 is 215 Å². The van der Waals surface area contributed by atoms with Crippen LogP contribution in [0.1, 0.15) is 31.1 Å². The number of nitrogens with one attached hydrogen (secondary N) is 1. The predicted octanol–water partition coefficient (Wildman–Crippen LogP) is -9.52. The van der Waals surface area contributed by atoms with Crippen molar-refractivity contribution in [1.82, 2.24) is 57.7 Å². The summed E-state index contributed by atoms with van der Waals surface area (Å²) in [6, 6.07) is 4.03. The fourth-order valence-electron chi connectivity index (χ4n) is 10.9. The molecule has 0 spiro atoms. The van der Waals surface area contributed by atoms with E-state index in [0.29, 0.717) is 18.3 Å². The fourth-order valence-corrected chi connectivity index (χ4v) is 14.8. The molecule has 5 aliphatic heterocycles. The maximum Gasteiger partial charge on any atom is 0.472 e. The van der Waals surface area contributed by atoms with Crippen LogP contribution in [0.25, 0.3) is 11.2 Å². The molecule has 102 heavy (non-hydrogen) atoms. The van der Waals surface area contributed by atoms with Gasteiger partial charge in [0.05, 0.1) is 39.4 Å². The summed E-state index contributed by atoms with van der Waals surface area (Å²) in [7, 11) is -22.9. The number of aliphatic hydroxyl groups excluding tert-OH is 7. The number of aliphatic hydroxyl groups is 7. The Balaban J connectivity index is 0.00000440. The third-order valence-corrected chi connectivity index (χ3v) is 19.5. The first-order chi connectivity index (χ1) is 46.6. The van der Waals surface area contributed by atoms with Crippen LogP contribution in [0.3, 0.4) is 0 Å². The second-order valence-corrected chi connectivity index (χ2v) is 27.6. The van der Waals surface area contributed by atoms with Crippen LogP contribution in [-0.2, 0) is 96.7 Å². The number of ether oxygens (including phenoxy) is 5. The molecule has 0 saturated carbocycles. The number of nitrogens with zero attached hydrogens (tertiary/aromatic N) is 11.